The highest BCUT2D eigenvalue weighted by molar-refractivity contribution is 5.64. The molecule has 0 saturated heterocycles. The lowest BCUT2D eigenvalue weighted by atomic mass is 10.1. The third-order valence-electron chi connectivity index (χ3n) is 3.11. The van der Waals surface area contributed by atoms with Crippen molar-refractivity contribution >= 4 is 17.5 Å². The number of benzene rings is 1. The molecule has 1 aromatic heterocycles. The first-order valence-corrected chi connectivity index (χ1v) is 7.74. The van der Waals surface area contributed by atoms with Crippen LogP contribution in [0.2, 0.25) is 0 Å². The van der Waals surface area contributed by atoms with E-state index in [0.29, 0.717) is 18.5 Å². The Morgan fingerprint density at radius 3 is 2.77 bits per heavy atom. The monoisotopic (exact) mass is 300 g/mol. The highest BCUT2D eigenvalue weighted by Crippen LogP contribution is 2.26. The molecule has 5 heteroatoms. The molecule has 0 aliphatic carbocycles. The van der Waals surface area contributed by atoms with Gasteiger partial charge in [-0.25, -0.2) is 4.98 Å². The van der Waals surface area contributed by atoms with Gasteiger partial charge in [-0.1, -0.05) is 26.0 Å². The number of hydrogen-bond donors (Lipinski definition) is 2. The molecule has 118 valence electrons. The SMILES string of the molecule is CCOc1ccccc1Nc1ccnc(NCCC(C)C)n1. The Labute approximate surface area is 132 Å². The zero-order valence-corrected chi connectivity index (χ0v) is 13.5. The van der Waals surface area contributed by atoms with Gasteiger partial charge in [-0.3, -0.25) is 0 Å². The molecule has 2 aromatic rings. The number of nitrogens with one attached hydrogen (secondary N) is 2. The van der Waals surface area contributed by atoms with Crippen molar-refractivity contribution in [2.24, 2.45) is 5.92 Å². The van der Waals surface area contributed by atoms with Gasteiger partial charge in [0.15, 0.2) is 0 Å². The maximum Gasteiger partial charge on any atom is 0.224 e. The zero-order chi connectivity index (χ0) is 15.8. The number of nitrogens with zero attached hydrogens (tertiary/aromatic N) is 2. The van der Waals surface area contributed by atoms with Crippen molar-refractivity contribution < 1.29 is 4.74 Å². The number of rotatable bonds is 8. The lowest BCUT2D eigenvalue weighted by Gasteiger charge is -2.12. The van der Waals surface area contributed by atoms with Crippen LogP contribution >= 0.6 is 0 Å². The first-order valence-electron chi connectivity index (χ1n) is 7.74. The molecule has 0 spiro atoms. The fourth-order valence-corrected chi connectivity index (χ4v) is 1.98. The van der Waals surface area contributed by atoms with E-state index < -0.39 is 0 Å². The topological polar surface area (TPSA) is 59.1 Å². The Morgan fingerprint density at radius 1 is 1.18 bits per heavy atom. The summed E-state index contributed by atoms with van der Waals surface area (Å²) in [5.41, 5.74) is 0.899. The average molecular weight is 300 g/mol. The molecule has 2 N–H and O–H groups in total. The molecule has 0 bridgehead atoms. The van der Waals surface area contributed by atoms with Crippen molar-refractivity contribution in [2.75, 3.05) is 23.8 Å². The van der Waals surface area contributed by atoms with Gasteiger partial charge in [0.05, 0.1) is 12.3 Å². The minimum Gasteiger partial charge on any atom is -0.492 e. The van der Waals surface area contributed by atoms with Crippen LogP contribution in [0, 0.1) is 5.92 Å². The Bertz CT molecular complexity index is 586. The van der Waals surface area contributed by atoms with Crippen molar-refractivity contribution in [2.45, 2.75) is 27.2 Å². The molecule has 0 radical (unpaired) electrons. The van der Waals surface area contributed by atoms with Gasteiger partial charge in [0.25, 0.3) is 0 Å². The number of hydrogen-bond acceptors (Lipinski definition) is 5. The second-order valence-corrected chi connectivity index (χ2v) is 5.43. The molecule has 0 aliphatic heterocycles. The van der Waals surface area contributed by atoms with Crippen LogP contribution in [0.15, 0.2) is 36.5 Å². The van der Waals surface area contributed by atoms with Gasteiger partial charge in [-0.05, 0) is 37.5 Å². The lowest BCUT2D eigenvalue weighted by Crippen LogP contribution is -2.08. The maximum absolute atomic E-state index is 5.61. The van der Waals surface area contributed by atoms with E-state index in [-0.39, 0.29) is 0 Å². The maximum atomic E-state index is 5.61. The molecule has 0 amide bonds. The molecule has 0 atom stereocenters. The predicted octanol–water partition coefficient (Wildman–Crippen LogP) is 4.08. The van der Waals surface area contributed by atoms with E-state index in [1.807, 2.05) is 37.3 Å². The first-order chi connectivity index (χ1) is 10.7. The van der Waals surface area contributed by atoms with Gasteiger partial charge >= 0.3 is 0 Å². The van der Waals surface area contributed by atoms with E-state index >= 15 is 0 Å². The molecule has 1 aromatic carbocycles. The number of ether oxygens (including phenoxy) is 1. The summed E-state index contributed by atoms with van der Waals surface area (Å²) >= 11 is 0. The fourth-order valence-electron chi connectivity index (χ4n) is 1.98. The van der Waals surface area contributed by atoms with Crippen molar-refractivity contribution in [1.82, 2.24) is 9.97 Å². The molecule has 22 heavy (non-hydrogen) atoms. The largest absolute Gasteiger partial charge is 0.492 e. The van der Waals surface area contributed by atoms with E-state index in [2.05, 4.69) is 34.4 Å². The van der Waals surface area contributed by atoms with Crippen molar-refractivity contribution in [3.63, 3.8) is 0 Å². The van der Waals surface area contributed by atoms with Crippen LogP contribution < -0.4 is 15.4 Å². The Balaban J connectivity index is 2.04. The summed E-state index contributed by atoms with van der Waals surface area (Å²) in [6.45, 7) is 7.87. The third-order valence-corrected chi connectivity index (χ3v) is 3.11. The second kappa shape index (κ2) is 8.22. The van der Waals surface area contributed by atoms with Crippen molar-refractivity contribution in [3.05, 3.63) is 36.5 Å². The van der Waals surface area contributed by atoms with Crippen LogP contribution in [0.5, 0.6) is 5.75 Å². The Morgan fingerprint density at radius 2 is 2.00 bits per heavy atom. The van der Waals surface area contributed by atoms with Crippen LogP contribution in [0.1, 0.15) is 27.2 Å². The summed E-state index contributed by atoms with van der Waals surface area (Å²) in [6.07, 6.45) is 2.84. The quantitative estimate of drug-likeness (QED) is 0.769. The predicted molar refractivity (Wildman–Crippen MR) is 90.9 cm³/mol. The van der Waals surface area contributed by atoms with Crippen LogP contribution in [0.3, 0.4) is 0 Å². The fraction of sp³-hybridized carbons (Fsp3) is 0.412. The van der Waals surface area contributed by atoms with Crippen LogP contribution in [0.4, 0.5) is 17.5 Å². The van der Waals surface area contributed by atoms with Crippen molar-refractivity contribution in [1.29, 1.82) is 0 Å². The molecular weight excluding hydrogens is 276 g/mol. The molecule has 0 saturated carbocycles. The zero-order valence-electron chi connectivity index (χ0n) is 13.5. The molecule has 5 nitrogen and oxygen atoms in total. The molecule has 0 fully saturated rings. The van der Waals surface area contributed by atoms with Crippen LogP contribution in [-0.4, -0.2) is 23.1 Å². The van der Waals surface area contributed by atoms with Gasteiger partial charge in [0, 0.05) is 12.7 Å². The summed E-state index contributed by atoms with van der Waals surface area (Å²) in [5.74, 6) is 2.86. The second-order valence-electron chi connectivity index (χ2n) is 5.43. The molecule has 1 heterocycles. The standard InChI is InChI=1S/C17H24N4O/c1-4-22-15-8-6-5-7-14(15)20-16-10-12-19-17(21-16)18-11-9-13(2)3/h5-8,10,12-13H,4,9,11H2,1-3H3,(H2,18,19,20,21). The van der Waals surface area contributed by atoms with E-state index in [4.69, 9.17) is 4.74 Å². The van der Waals surface area contributed by atoms with Gasteiger partial charge < -0.3 is 15.4 Å². The normalized spacial score (nSPS) is 10.5. The summed E-state index contributed by atoms with van der Waals surface area (Å²) in [5, 5.41) is 6.53. The van der Waals surface area contributed by atoms with E-state index in [1.165, 1.54) is 0 Å². The summed E-state index contributed by atoms with van der Waals surface area (Å²) in [7, 11) is 0. The van der Waals surface area contributed by atoms with E-state index in [1.54, 1.807) is 6.20 Å². The summed E-state index contributed by atoms with van der Waals surface area (Å²) < 4.78 is 5.61. The minimum atomic E-state index is 0.629. The molecule has 0 aliphatic rings. The minimum absolute atomic E-state index is 0.629. The molecule has 0 unspecified atom stereocenters. The Hall–Kier alpha value is -2.30. The van der Waals surface area contributed by atoms with Gasteiger partial charge in [-0.15, -0.1) is 0 Å². The van der Waals surface area contributed by atoms with Crippen LogP contribution in [-0.2, 0) is 0 Å². The summed E-state index contributed by atoms with van der Waals surface area (Å²) in [6, 6.07) is 9.67. The smallest absolute Gasteiger partial charge is 0.224 e. The van der Waals surface area contributed by atoms with Crippen LogP contribution in [0.25, 0.3) is 0 Å². The number of para-hydroxylation sites is 2. The molecular formula is C17H24N4O. The highest BCUT2D eigenvalue weighted by Gasteiger charge is 2.05. The number of aromatic nitrogens is 2. The lowest BCUT2D eigenvalue weighted by molar-refractivity contribution is 0.342. The van der Waals surface area contributed by atoms with E-state index in [0.717, 1.165) is 30.2 Å². The number of anilines is 3. The third kappa shape index (κ3) is 4.91. The van der Waals surface area contributed by atoms with Gasteiger partial charge in [-0.2, -0.15) is 4.98 Å². The average Bonchev–Trinajstić information content (AvgIpc) is 2.50. The van der Waals surface area contributed by atoms with E-state index in [9.17, 15) is 0 Å². The Kier molecular flexibility index (Phi) is 6.01. The molecule has 2 rings (SSSR count). The van der Waals surface area contributed by atoms with Gasteiger partial charge in [0.1, 0.15) is 11.6 Å². The first kappa shape index (κ1) is 16.1. The highest BCUT2D eigenvalue weighted by atomic mass is 16.5. The van der Waals surface area contributed by atoms with Gasteiger partial charge in [0.2, 0.25) is 5.95 Å². The summed E-state index contributed by atoms with van der Waals surface area (Å²) in [4.78, 5) is 8.72. The van der Waals surface area contributed by atoms with Crippen molar-refractivity contribution in [3.8, 4) is 5.75 Å².